The van der Waals surface area contributed by atoms with Crippen molar-refractivity contribution in [3.63, 3.8) is 0 Å². The Hall–Kier alpha value is -2.05. The van der Waals surface area contributed by atoms with Crippen molar-refractivity contribution in [3.8, 4) is 5.75 Å². The lowest BCUT2D eigenvalue weighted by atomic mass is 10.1. The summed E-state index contributed by atoms with van der Waals surface area (Å²) in [6.07, 6.45) is -5.25. The fourth-order valence-electron chi connectivity index (χ4n) is 1.69. The second kappa shape index (κ2) is 4.91. The van der Waals surface area contributed by atoms with Crippen LogP contribution < -0.4 is 9.75 Å². The van der Waals surface area contributed by atoms with Crippen LogP contribution in [0.5, 0.6) is 5.75 Å². The maximum atomic E-state index is 12.6. The first-order chi connectivity index (χ1) is 8.90. The first kappa shape index (κ1) is 13.4. The lowest BCUT2D eigenvalue weighted by Gasteiger charge is -2.25. The zero-order valence-electron chi connectivity index (χ0n) is 10.1. The molecule has 0 unspecified atom stereocenters. The molecule has 1 aromatic rings. The summed E-state index contributed by atoms with van der Waals surface area (Å²) in [5.74, 6) is 0.0604. The van der Waals surface area contributed by atoms with E-state index < -0.39 is 24.1 Å². The number of Topliss-reactive ketones (excluding diaryl/α,β-unsaturated/α-hetero) is 1. The molecule has 0 spiro atoms. The minimum Gasteiger partial charge on any atom is -0.497 e. The second-order valence-corrected chi connectivity index (χ2v) is 4.02. The van der Waals surface area contributed by atoms with Gasteiger partial charge in [0.05, 0.1) is 19.2 Å². The van der Waals surface area contributed by atoms with Crippen molar-refractivity contribution in [2.24, 2.45) is 5.10 Å². The third-order valence-corrected chi connectivity index (χ3v) is 2.63. The topological polar surface area (TPSA) is 41.9 Å². The molecule has 19 heavy (non-hydrogen) atoms. The number of anilines is 1. The van der Waals surface area contributed by atoms with E-state index in [4.69, 9.17) is 4.74 Å². The molecule has 0 aliphatic carbocycles. The lowest BCUT2D eigenvalue weighted by Crippen LogP contribution is -2.38. The summed E-state index contributed by atoms with van der Waals surface area (Å²) in [6, 6.07) is 6.29. The summed E-state index contributed by atoms with van der Waals surface area (Å²) in [4.78, 5) is 11.4. The van der Waals surface area contributed by atoms with Crippen molar-refractivity contribution in [2.75, 3.05) is 18.7 Å². The number of alkyl halides is 3. The van der Waals surface area contributed by atoms with E-state index in [9.17, 15) is 18.0 Å². The molecular weight excluding hydrogens is 261 g/mol. The number of halogens is 3. The number of ether oxygens (including phenoxy) is 1. The molecule has 0 bridgehead atoms. The van der Waals surface area contributed by atoms with E-state index in [0.29, 0.717) is 11.4 Å². The molecule has 1 aliphatic heterocycles. The standard InChI is InChI=1S/C12H11F3N2O2/c1-19-10-4-2-8(3-5-10)17-7-9(18)6-11(16-17)12(13,14)15/h2-5H,6-7H2,1H3. The monoisotopic (exact) mass is 272 g/mol. The smallest absolute Gasteiger partial charge is 0.431 e. The van der Waals surface area contributed by atoms with Crippen molar-refractivity contribution >= 4 is 17.2 Å². The third-order valence-electron chi connectivity index (χ3n) is 2.63. The van der Waals surface area contributed by atoms with Crippen molar-refractivity contribution in [1.82, 2.24) is 0 Å². The van der Waals surface area contributed by atoms with Gasteiger partial charge in [0.15, 0.2) is 5.78 Å². The Bertz CT molecular complexity index is 509. The predicted octanol–water partition coefficient (Wildman–Crippen LogP) is 2.39. The molecule has 1 aliphatic rings. The second-order valence-electron chi connectivity index (χ2n) is 4.02. The van der Waals surface area contributed by atoms with Gasteiger partial charge in [-0.1, -0.05) is 0 Å². The highest BCUT2D eigenvalue weighted by atomic mass is 19.4. The number of methoxy groups -OCH3 is 1. The van der Waals surface area contributed by atoms with Crippen LogP contribution in [-0.2, 0) is 4.79 Å². The largest absolute Gasteiger partial charge is 0.497 e. The number of carbonyl (C=O) groups excluding carboxylic acids is 1. The molecule has 4 nitrogen and oxygen atoms in total. The zero-order valence-corrected chi connectivity index (χ0v) is 10.1. The van der Waals surface area contributed by atoms with Gasteiger partial charge in [0, 0.05) is 0 Å². The molecule has 1 aromatic carbocycles. The first-order valence-corrected chi connectivity index (χ1v) is 5.48. The van der Waals surface area contributed by atoms with E-state index in [1.807, 2.05) is 0 Å². The van der Waals surface area contributed by atoms with Crippen LogP contribution in [-0.4, -0.2) is 31.3 Å². The van der Waals surface area contributed by atoms with Crippen LogP contribution in [0.1, 0.15) is 6.42 Å². The van der Waals surface area contributed by atoms with Gasteiger partial charge in [-0.25, -0.2) is 0 Å². The molecule has 0 aromatic heterocycles. The Labute approximate surface area is 107 Å². The van der Waals surface area contributed by atoms with Gasteiger partial charge < -0.3 is 4.74 Å². The predicted molar refractivity (Wildman–Crippen MR) is 63.5 cm³/mol. The number of hydrogen-bond donors (Lipinski definition) is 0. The van der Waals surface area contributed by atoms with Crippen LogP contribution in [0.3, 0.4) is 0 Å². The quantitative estimate of drug-likeness (QED) is 0.830. The summed E-state index contributed by atoms with van der Waals surface area (Å²) < 4.78 is 42.7. The fourth-order valence-corrected chi connectivity index (χ4v) is 1.69. The Balaban J connectivity index is 2.30. The van der Waals surface area contributed by atoms with Crippen LogP contribution >= 0.6 is 0 Å². The number of benzene rings is 1. The summed E-state index contributed by atoms with van der Waals surface area (Å²) >= 11 is 0. The number of carbonyl (C=O) groups is 1. The molecule has 0 fully saturated rings. The van der Waals surface area contributed by atoms with Crippen LogP contribution in [0, 0.1) is 0 Å². The first-order valence-electron chi connectivity index (χ1n) is 5.48. The summed E-state index contributed by atoms with van der Waals surface area (Å²) in [5.41, 5.74) is -0.657. The van der Waals surface area contributed by atoms with Crippen molar-refractivity contribution in [3.05, 3.63) is 24.3 Å². The van der Waals surface area contributed by atoms with E-state index in [1.165, 1.54) is 7.11 Å². The number of nitrogens with zero attached hydrogens (tertiary/aromatic N) is 2. The van der Waals surface area contributed by atoms with Gasteiger partial charge in [0.2, 0.25) is 0 Å². The van der Waals surface area contributed by atoms with E-state index >= 15 is 0 Å². The Kier molecular flexibility index (Phi) is 3.46. The molecule has 0 amide bonds. The number of hydrazone groups is 1. The molecule has 0 atom stereocenters. The van der Waals surface area contributed by atoms with Crippen LogP contribution in [0.15, 0.2) is 29.4 Å². The SMILES string of the molecule is COc1ccc(N2CC(=O)CC(C(F)(F)F)=N2)cc1. The highest BCUT2D eigenvalue weighted by molar-refractivity contribution is 6.08. The molecule has 0 N–H and O–H groups in total. The zero-order chi connectivity index (χ0) is 14.0. The van der Waals surface area contributed by atoms with Gasteiger partial charge in [-0.3, -0.25) is 9.80 Å². The van der Waals surface area contributed by atoms with Gasteiger partial charge in [-0.15, -0.1) is 0 Å². The number of hydrogen-bond acceptors (Lipinski definition) is 4. The Morgan fingerprint density at radius 3 is 2.42 bits per heavy atom. The minimum absolute atomic E-state index is 0.161. The molecule has 7 heteroatoms. The van der Waals surface area contributed by atoms with Gasteiger partial charge in [-0.05, 0) is 24.3 Å². The van der Waals surface area contributed by atoms with Gasteiger partial charge in [0.25, 0.3) is 0 Å². The van der Waals surface area contributed by atoms with E-state index in [0.717, 1.165) is 5.01 Å². The number of rotatable bonds is 2. The Morgan fingerprint density at radius 2 is 1.89 bits per heavy atom. The van der Waals surface area contributed by atoms with Gasteiger partial charge in [0.1, 0.15) is 18.0 Å². The highest BCUT2D eigenvalue weighted by Gasteiger charge is 2.40. The Morgan fingerprint density at radius 1 is 1.26 bits per heavy atom. The summed E-state index contributed by atoms with van der Waals surface area (Å²) in [6.45, 7) is -0.161. The van der Waals surface area contributed by atoms with E-state index in [-0.39, 0.29) is 6.54 Å². The molecule has 0 radical (unpaired) electrons. The van der Waals surface area contributed by atoms with E-state index in [1.54, 1.807) is 24.3 Å². The molecular formula is C12H11F3N2O2. The maximum Gasteiger partial charge on any atom is 0.431 e. The third kappa shape index (κ3) is 3.04. The van der Waals surface area contributed by atoms with E-state index in [2.05, 4.69) is 5.10 Å². The van der Waals surface area contributed by atoms with Crippen molar-refractivity contribution in [1.29, 1.82) is 0 Å². The molecule has 1 heterocycles. The van der Waals surface area contributed by atoms with Crippen molar-refractivity contribution < 1.29 is 22.7 Å². The van der Waals surface area contributed by atoms with Gasteiger partial charge in [-0.2, -0.15) is 18.3 Å². The van der Waals surface area contributed by atoms with Crippen LogP contribution in [0.2, 0.25) is 0 Å². The molecule has 0 saturated carbocycles. The maximum absolute atomic E-state index is 12.6. The van der Waals surface area contributed by atoms with Crippen LogP contribution in [0.4, 0.5) is 18.9 Å². The van der Waals surface area contributed by atoms with Crippen LogP contribution in [0.25, 0.3) is 0 Å². The minimum atomic E-state index is -4.58. The average molecular weight is 272 g/mol. The highest BCUT2D eigenvalue weighted by Crippen LogP contribution is 2.26. The molecule has 0 saturated heterocycles. The normalized spacial score (nSPS) is 16.3. The van der Waals surface area contributed by atoms with Crippen molar-refractivity contribution in [2.45, 2.75) is 12.6 Å². The summed E-state index contributed by atoms with van der Waals surface area (Å²) in [7, 11) is 1.49. The average Bonchev–Trinajstić information content (AvgIpc) is 2.37. The van der Waals surface area contributed by atoms with Gasteiger partial charge >= 0.3 is 6.18 Å². The fraction of sp³-hybridized carbons (Fsp3) is 0.333. The lowest BCUT2D eigenvalue weighted by molar-refractivity contribution is -0.118. The number of ketones is 1. The molecule has 2 rings (SSSR count). The molecule has 102 valence electrons. The summed E-state index contributed by atoms with van der Waals surface area (Å²) in [5, 5.41) is 4.54.